The van der Waals surface area contributed by atoms with Crippen LogP contribution >= 0.6 is 11.3 Å². The van der Waals surface area contributed by atoms with Crippen LogP contribution in [0.25, 0.3) is 10.9 Å². The van der Waals surface area contributed by atoms with Crippen molar-refractivity contribution in [3.05, 3.63) is 91.4 Å². The van der Waals surface area contributed by atoms with Gasteiger partial charge in [0.25, 0.3) is 5.91 Å². The molecule has 0 radical (unpaired) electrons. The first-order valence-electron chi connectivity index (χ1n) is 20.2. The Balaban J connectivity index is 1.11. The fourth-order valence-corrected chi connectivity index (χ4v) is 10.1. The van der Waals surface area contributed by atoms with Crippen LogP contribution in [0.2, 0.25) is 18.1 Å². The van der Waals surface area contributed by atoms with Gasteiger partial charge in [-0.3, -0.25) is 14.5 Å². The highest BCUT2D eigenvalue weighted by Gasteiger charge is 2.42. The number of pyridine rings is 1. The quantitative estimate of drug-likeness (QED) is 0.137. The van der Waals surface area contributed by atoms with E-state index in [-0.39, 0.29) is 39.8 Å². The van der Waals surface area contributed by atoms with Gasteiger partial charge in [-0.25, -0.2) is 9.37 Å². The fourth-order valence-electron chi connectivity index (χ4n) is 7.93. The number of hydrogen-bond acceptors (Lipinski definition) is 8. The molecule has 4 aromatic rings. The first-order chi connectivity index (χ1) is 26.3. The topological polar surface area (TPSA) is 108 Å². The van der Waals surface area contributed by atoms with Gasteiger partial charge >= 0.3 is 0 Å². The SMILES string of the molecule is CC(C)c1nc(C(=O)N2CCOC3(CCN(Cc4cccc(C(C)(C)CCC[C@H](O[Si](C)(C)C(C)(C)C)c5ccc(O)c6[nH]c(=O)ccc56)c4F)CC3)C2)cs1. The number of piperidine rings is 1. The lowest BCUT2D eigenvalue weighted by molar-refractivity contribution is -0.128. The van der Waals surface area contributed by atoms with Gasteiger partial charge in [0.2, 0.25) is 5.56 Å². The normalized spacial score (nSPS) is 17.6. The summed E-state index contributed by atoms with van der Waals surface area (Å²) in [7, 11) is -2.23. The highest BCUT2D eigenvalue weighted by molar-refractivity contribution is 7.09. The molecule has 6 rings (SSSR count). The average Bonchev–Trinajstić information content (AvgIpc) is 3.64. The van der Waals surface area contributed by atoms with Gasteiger partial charge < -0.3 is 24.2 Å². The molecular formula is C44H61FN4O5SSi. The third-order valence-corrected chi connectivity index (χ3v) is 18.1. The molecular weight excluding hydrogens is 744 g/mol. The summed E-state index contributed by atoms with van der Waals surface area (Å²) in [6.07, 6.45) is 3.54. The number of morpholine rings is 1. The number of phenols is 1. The van der Waals surface area contributed by atoms with Crippen LogP contribution < -0.4 is 5.56 Å². The number of ether oxygens (including phenoxy) is 1. The molecule has 0 saturated carbocycles. The Hall–Kier alpha value is -3.42. The monoisotopic (exact) mass is 804 g/mol. The second kappa shape index (κ2) is 16.4. The molecule has 4 heterocycles. The maximum atomic E-state index is 16.5. The summed E-state index contributed by atoms with van der Waals surface area (Å²) in [5, 5.41) is 14.2. The second-order valence-corrected chi connectivity index (χ2v) is 24.1. The van der Waals surface area contributed by atoms with Gasteiger partial charge in [-0.05, 0) is 78.9 Å². The number of nitrogens with one attached hydrogen (secondary N) is 1. The summed E-state index contributed by atoms with van der Waals surface area (Å²) in [5.74, 6) is 0.152. The molecule has 1 amide bonds. The largest absolute Gasteiger partial charge is 0.506 e. The number of halogens is 1. The van der Waals surface area contributed by atoms with Gasteiger partial charge in [0.1, 0.15) is 17.3 Å². The van der Waals surface area contributed by atoms with E-state index in [0.29, 0.717) is 60.9 Å². The van der Waals surface area contributed by atoms with Gasteiger partial charge in [0.05, 0.1) is 35.4 Å². The van der Waals surface area contributed by atoms with Gasteiger partial charge in [-0.2, -0.15) is 0 Å². The summed E-state index contributed by atoms with van der Waals surface area (Å²) in [6.45, 7) is 23.2. The molecule has 2 fully saturated rings. The minimum Gasteiger partial charge on any atom is -0.506 e. The van der Waals surface area contributed by atoms with Crippen molar-refractivity contribution in [2.24, 2.45) is 0 Å². The predicted molar refractivity (Wildman–Crippen MR) is 226 cm³/mol. The molecule has 2 N–H and O–H groups in total. The predicted octanol–water partition coefficient (Wildman–Crippen LogP) is 9.67. The first-order valence-corrected chi connectivity index (χ1v) is 24.0. The van der Waals surface area contributed by atoms with Gasteiger partial charge in [-0.15, -0.1) is 11.3 Å². The number of benzene rings is 2. The molecule has 12 heteroatoms. The van der Waals surface area contributed by atoms with Crippen molar-refractivity contribution in [3.8, 4) is 5.75 Å². The Bertz CT molecular complexity index is 2080. The number of thiazole rings is 1. The summed E-state index contributed by atoms with van der Waals surface area (Å²) < 4.78 is 29.9. The lowest BCUT2D eigenvalue weighted by atomic mass is 9.78. The fraction of sp³-hybridized carbons (Fsp3) is 0.568. The maximum absolute atomic E-state index is 16.5. The van der Waals surface area contributed by atoms with E-state index >= 15 is 4.39 Å². The third kappa shape index (κ3) is 9.15. The molecule has 2 aromatic heterocycles. The van der Waals surface area contributed by atoms with Crippen LogP contribution in [0.15, 0.2) is 52.6 Å². The molecule has 1 spiro atoms. The van der Waals surface area contributed by atoms with Crippen molar-refractivity contribution in [3.63, 3.8) is 0 Å². The smallest absolute Gasteiger partial charge is 0.273 e. The molecule has 0 aliphatic carbocycles. The molecule has 2 aromatic carbocycles. The van der Waals surface area contributed by atoms with Crippen molar-refractivity contribution >= 4 is 36.5 Å². The van der Waals surface area contributed by atoms with Crippen LogP contribution in [-0.2, 0) is 21.1 Å². The van der Waals surface area contributed by atoms with Crippen LogP contribution in [0.3, 0.4) is 0 Å². The number of phenolic OH excluding ortho intramolecular Hbond substituents is 1. The van der Waals surface area contributed by atoms with E-state index < -0.39 is 13.7 Å². The van der Waals surface area contributed by atoms with Crippen molar-refractivity contribution in [2.45, 2.75) is 128 Å². The Kier molecular flexibility index (Phi) is 12.4. The Labute approximate surface area is 336 Å². The summed E-state index contributed by atoms with van der Waals surface area (Å²) in [6, 6.07) is 12.6. The molecule has 304 valence electrons. The van der Waals surface area contributed by atoms with E-state index in [4.69, 9.17) is 9.16 Å². The van der Waals surface area contributed by atoms with Crippen molar-refractivity contribution < 1.29 is 23.5 Å². The molecule has 2 aliphatic rings. The molecule has 1 atom stereocenters. The number of hydrogen-bond donors (Lipinski definition) is 2. The number of amides is 1. The zero-order valence-electron chi connectivity index (χ0n) is 34.8. The van der Waals surface area contributed by atoms with Crippen molar-refractivity contribution in [1.82, 2.24) is 19.8 Å². The van der Waals surface area contributed by atoms with Crippen LogP contribution in [-0.4, -0.2) is 77.5 Å². The number of fused-ring (bicyclic) bond motifs is 1. The van der Waals surface area contributed by atoms with Gasteiger partial charge in [0.15, 0.2) is 8.32 Å². The third-order valence-electron chi connectivity index (χ3n) is 12.5. The lowest BCUT2D eigenvalue weighted by Crippen LogP contribution is -2.58. The molecule has 0 bridgehead atoms. The van der Waals surface area contributed by atoms with E-state index in [1.165, 1.54) is 6.07 Å². The molecule has 0 unspecified atom stereocenters. The van der Waals surface area contributed by atoms with E-state index in [9.17, 15) is 14.7 Å². The number of H-pyrrole nitrogens is 1. The number of carbonyl (C=O) groups is 1. The maximum Gasteiger partial charge on any atom is 0.273 e. The lowest BCUT2D eigenvalue weighted by Gasteiger charge is -2.47. The number of aromatic nitrogens is 2. The minimum absolute atomic E-state index is 0.0212. The van der Waals surface area contributed by atoms with Gasteiger partial charge in [-0.1, -0.05) is 72.7 Å². The first kappa shape index (κ1) is 42.2. The zero-order valence-corrected chi connectivity index (χ0v) is 36.6. The molecule has 2 saturated heterocycles. The van der Waals surface area contributed by atoms with Gasteiger partial charge in [0, 0.05) is 54.5 Å². The number of rotatable bonds is 12. The number of carbonyl (C=O) groups excluding carboxylic acids is 1. The van der Waals surface area contributed by atoms with E-state index in [2.05, 4.69) is 76.4 Å². The Morgan fingerprint density at radius 1 is 1.09 bits per heavy atom. The van der Waals surface area contributed by atoms with Crippen LogP contribution in [0.4, 0.5) is 4.39 Å². The average molecular weight is 805 g/mol. The molecule has 2 aliphatic heterocycles. The summed E-state index contributed by atoms with van der Waals surface area (Å²) in [5.41, 5.74) is 2.19. The van der Waals surface area contributed by atoms with Crippen molar-refractivity contribution in [1.29, 1.82) is 0 Å². The van der Waals surface area contributed by atoms with E-state index in [0.717, 1.165) is 54.7 Å². The number of aromatic amines is 1. The minimum atomic E-state index is -2.23. The highest BCUT2D eigenvalue weighted by atomic mass is 32.1. The van der Waals surface area contributed by atoms with Crippen LogP contribution in [0.5, 0.6) is 5.75 Å². The second-order valence-electron chi connectivity index (χ2n) is 18.5. The molecule has 9 nitrogen and oxygen atoms in total. The zero-order chi connectivity index (χ0) is 40.6. The number of nitrogens with zero attached hydrogens (tertiary/aromatic N) is 3. The summed E-state index contributed by atoms with van der Waals surface area (Å²) >= 11 is 1.54. The van der Waals surface area contributed by atoms with Crippen LogP contribution in [0.1, 0.15) is 125 Å². The Morgan fingerprint density at radius 2 is 1.82 bits per heavy atom. The highest BCUT2D eigenvalue weighted by Crippen LogP contribution is 2.44. The summed E-state index contributed by atoms with van der Waals surface area (Å²) in [4.78, 5) is 37.2. The Morgan fingerprint density at radius 3 is 2.50 bits per heavy atom. The van der Waals surface area contributed by atoms with Crippen LogP contribution in [0, 0.1) is 5.82 Å². The standard InChI is InChI=1S/C44H61FN4O5SSi/c1-29(2)40-46-34(27-55-40)41(52)49-24-25-53-44(28-49)20-22-48(23-21-44)26-30-12-10-13-33(38(30)45)43(6,7)19-11-14-36(54-56(8,9)42(3,4)5)31-15-17-35(50)39-32(31)16-18-37(51)47-39/h10,12-13,15-18,27,29,36,50H,11,14,19-26,28H2,1-9H3,(H,47,51)/t36-/m0/s1. The molecule has 56 heavy (non-hydrogen) atoms. The van der Waals surface area contributed by atoms with Crippen molar-refractivity contribution in [2.75, 3.05) is 32.8 Å². The van der Waals surface area contributed by atoms with E-state index in [1.807, 2.05) is 34.5 Å². The number of aromatic hydroxyl groups is 1. The van der Waals surface area contributed by atoms with E-state index in [1.54, 1.807) is 23.5 Å². The number of likely N-dealkylation sites (tertiary alicyclic amines) is 1.